The zero-order valence-electron chi connectivity index (χ0n) is 66.5. The molecule has 17 rings (SSSR count). The first kappa shape index (κ1) is 92.8. The van der Waals surface area contributed by atoms with Gasteiger partial charge in [0.1, 0.15) is 12.4 Å². The SMILES string of the molecule is Br.Br.Br.Br.CC1(C)Cc2ccccc2N1C(=O)CN1CCN(Cc2ccc(Cl)cc2)CC1.O=C(CN1CCN(Cc2ccc(Cl)cc2)CC1)N1CCOc2ccccc21.O=C(CN1CCN(Cc2ccc(Cl)cc2)CC1)N1CCSc2ccccc21.O=C(CN1CCN(Cc2ccc(Cl)cc2)CC1)N1c2ccccc2CC12CCCC2. The monoisotopic (exact) mass is 1930 g/mol. The zero-order valence-corrected chi connectivity index (χ0v) is 77.2. The number of anilines is 4. The number of nitrogens with zero attached hydrogens (tertiary/aromatic N) is 12. The molecule has 1 aliphatic carbocycles. The predicted molar refractivity (Wildman–Crippen MR) is 498 cm³/mol. The Kier molecular flexibility index (Phi) is 35.5. The second-order valence-corrected chi connectivity index (χ2v) is 34.6. The van der Waals surface area contributed by atoms with Gasteiger partial charge in [0.15, 0.2) is 0 Å². The number of para-hydroxylation sites is 5. The molecule has 5 fully saturated rings. The summed E-state index contributed by atoms with van der Waals surface area (Å²) in [6.07, 6.45) is 6.71. The molecule has 0 radical (unpaired) electrons. The first-order chi connectivity index (χ1) is 54.4. The summed E-state index contributed by atoms with van der Waals surface area (Å²) < 4.78 is 5.65. The molecule has 0 unspecified atom stereocenters. The van der Waals surface area contributed by atoms with E-state index in [1.165, 1.54) is 51.1 Å². The average molecular weight is 1930 g/mol. The normalized spacial score (nSPS) is 18.7. The highest BCUT2D eigenvalue weighted by molar-refractivity contribution is 8.93. The molecule has 0 bridgehead atoms. The smallest absolute Gasteiger partial charge is 0.241 e. The highest BCUT2D eigenvalue weighted by atomic mass is 79.9. The summed E-state index contributed by atoms with van der Waals surface area (Å²) in [6, 6.07) is 65.1. The first-order valence-electron chi connectivity index (χ1n) is 40.1. The summed E-state index contributed by atoms with van der Waals surface area (Å²) in [5, 5.41) is 3.11. The van der Waals surface area contributed by atoms with E-state index in [1.807, 2.05) is 117 Å². The maximum atomic E-state index is 13.5. The second-order valence-electron chi connectivity index (χ2n) is 31.8. The molecule has 4 amide bonds. The number of hydrogen-bond donors (Lipinski definition) is 0. The van der Waals surface area contributed by atoms with Crippen LogP contribution < -0.4 is 24.3 Å². The molecule has 8 aromatic rings. The molecule has 1 saturated carbocycles. The van der Waals surface area contributed by atoms with E-state index in [0.29, 0.717) is 39.3 Å². The Bertz CT molecular complexity index is 4340. The van der Waals surface area contributed by atoms with E-state index < -0.39 is 0 Å². The Balaban J connectivity index is 0.000000162. The van der Waals surface area contributed by atoms with Crippen molar-refractivity contribution in [2.75, 3.05) is 176 Å². The summed E-state index contributed by atoms with van der Waals surface area (Å²) in [4.78, 5) is 80.6. The lowest BCUT2D eigenvalue weighted by Gasteiger charge is -2.39. The number of carbonyl (C=O) groups is 4. The molecule has 116 heavy (non-hydrogen) atoms. The van der Waals surface area contributed by atoms with E-state index in [1.54, 1.807) is 0 Å². The van der Waals surface area contributed by atoms with Crippen LogP contribution in [-0.4, -0.2) is 230 Å². The van der Waals surface area contributed by atoms with Crippen molar-refractivity contribution in [2.45, 2.75) is 94.5 Å². The van der Waals surface area contributed by atoms with Gasteiger partial charge in [-0.25, -0.2) is 0 Å². The molecule has 1 spiro atoms. The molecule has 17 nitrogen and oxygen atoms in total. The Morgan fingerprint density at radius 2 is 0.664 bits per heavy atom. The van der Waals surface area contributed by atoms with Crippen LogP contribution in [0.15, 0.2) is 199 Å². The lowest BCUT2D eigenvalue weighted by atomic mass is 9.92. The molecule has 0 aromatic heterocycles. The van der Waals surface area contributed by atoms with Crippen LogP contribution in [0.5, 0.6) is 5.75 Å². The number of hydrogen-bond acceptors (Lipinski definition) is 14. The van der Waals surface area contributed by atoms with Crippen LogP contribution in [0.2, 0.25) is 20.1 Å². The summed E-state index contributed by atoms with van der Waals surface area (Å²) in [7, 11) is 0. The van der Waals surface area contributed by atoms with Gasteiger partial charge in [-0.1, -0.05) is 168 Å². The highest BCUT2D eigenvalue weighted by Gasteiger charge is 2.49. The number of amides is 4. The number of fused-ring (bicyclic) bond motifs is 4. The van der Waals surface area contributed by atoms with E-state index in [9.17, 15) is 19.2 Å². The standard InChI is InChI=1S/C25H30ClN3O.C23H28ClN3O.C21H24ClN3O2.C21H24ClN3OS.4BrH/c26-22-9-7-20(8-10-22)18-27-13-15-28(16-14-27)19-24(30)29-23-6-2-1-5-21(23)17-25(29)11-3-4-12-25;1-23(2)15-19-5-3-4-6-21(19)27(23)22(28)17-26-13-11-25(12-14-26)16-18-7-9-20(24)10-8-18;2*22-18-7-5-17(6-8-18)15-23-9-11-24(12-10-23)16-21(26)25-13-14-27-20-4-2-1-3-19(20)25;;;;/h1-2,5-10H,3-4,11-19H2;3-10H,11-17H2,1-2H3;2*1-8H,9-16H2;4*1H. The van der Waals surface area contributed by atoms with E-state index in [-0.39, 0.29) is 103 Å². The van der Waals surface area contributed by atoms with Crippen LogP contribution in [0.1, 0.15) is 72.9 Å². The van der Waals surface area contributed by atoms with Crippen LogP contribution in [-0.2, 0) is 58.2 Å². The molecule has 26 heteroatoms. The summed E-state index contributed by atoms with van der Waals surface area (Å²) >= 11 is 25.7. The average Bonchev–Trinajstić information content (AvgIpc) is 1.59. The largest absolute Gasteiger partial charge is 0.490 e. The first-order valence-corrected chi connectivity index (χ1v) is 42.6. The Labute approximate surface area is 752 Å². The van der Waals surface area contributed by atoms with E-state index in [0.717, 1.165) is 217 Å². The van der Waals surface area contributed by atoms with Crippen molar-refractivity contribution in [1.29, 1.82) is 0 Å². The maximum Gasteiger partial charge on any atom is 0.241 e. The van der Waals surface area contributed by atoms with E-state index in [4.69, 9.17) is 51.1 Å². The van der Waals surface area contributed by atoms with Crippen molar-refractivity contribution in [3.05, 3.63) is 248 Å². The van der Waals surface area contributed by atoms with Crippen molar-refractivity contribution in [3.8, 4) is 5.75 Å². The molecule has 4 saturated heterocycles. The third kappa shape index (κ3) is 24.7. The third-order valence-electron chi connectivity index (χ3n) is 23.4. The van der Waals surface area contributed by atoms with Gasteiger partial charge in [0.05, 0.1) is 49.6 Å². The van der Waals surface area contributed by atoms with Gasteiger partial charge < -0.3 is 24.3 Å². The van der Waals surface area contributed by atoms with Crippen LogP contribution in [0.4, 0.5) is 22.7 Å². The van der Waals surface area contributed by atoms with E-state index >= 15 is 0 Å². The van der Waals surface area contributed by atoms with Crippen molar-refractivity contribution < 1.29 is 23.9 Å². The minimum Gasteiger partial charge on any atom is -0.490 e. The fraction of sp³-hybridized carbons (Fsp3) is 0.422. The van der Waals surface area contributed by atoms with Crippen molar-refractivity contribution in [2.24, 2.45) is 0 Å². The second kappa shape index (κ2) is 44.4. The van der Waals surface area contributed by atoms with Gasteiger partial charge in [-0.05, 0) is 158 Å². The topological polar surface area (TPSA) is 116 Å². The number of piperazine rings is 4. The minimum absolute atomic E-state index is 0. The fourth-order valence-electron chi connectivity index (χ4n) is 17.4. The van der Waals surface area contributed by atoms with Gasteiger partial charge in [0, 0.05) is 185 Å². The summed E-state index contributed by atoms with van der Waals surface area (Å²) in [5.74, 6) is 2.63. The maximum absolute atomic E-state index is 13.5. The molecule has 9 aliphatic rings. The summed E-state index contributed by atoms with van der Waals surface area (Å²) in [6.45, 7) is 27.3. The summed E-state index contributed by atoms with van der Waals surface area (Å²) in [5.41, 5.74) is 11.8. The molecule has 0 atom stereocenters. The van der Waals surface area contributed by atoms with Crippen LogP contribution >= 0.6 is 126 Å². The molecule has 8 heterocycles. The number of halogens is 8. The highest BCUT2D eigenvalue weighted by Crippen LogP contribution is 2.48. The molecule has 0 N–H and O–H groups in total. The zero-order chi connectivity index (χ0) is 77.6. The molecular formula is C90H110Br4Cl4N12O5S. The predicted octanol–water partition coefficient (Wildman–Crippen LogP) is 17.0. The van der Waals surface area contributed by atoms with Gasteiger partial charge in [0.2, 0.25) is 23.6 Å². The van der Waals surface area contributed by atoms with Gasteiger partial charge in [-0.15, -0.1) is 79.7 Å². The molecular weight excluding hydrogens is 1820 g/mol. The van der Waals surface area contributed by atoms with Crippen LogP contribution in [0, 0.1) is 0 Å². The van der Waals surface area contributed by atoms with E-state index in [2.05, 4.69) is 161 Å². The van der Waals surface area contributed by atoms with Crippen molar-refractivity contribution >= 4 is 172 Å². The Hall–Kier alpha value is -5.45. The lowest BCUT2D eigenvalue weighted by molar-refractivity contribution is -0.122. The van der Waals surface area contributed by atoms with Crippen molar-refractivity contribution in [3.63, 3.8) is 0 Å². The fourth-order valence-corrected chi connectivity index (χ4v) is 18.9. The van der Waals surface area contributed by atoms with Gasteiger partial charge in [-0.2, -0.15) is 0 Å². The quantitative estimate of drug-likeness (QED) is 0.0913. The third-order valence-corrected chi connectivity index (χ3v) is 25.4. The molecule has 8 aliphatic heterocycles. The van der Waals surface area contributed by atoms with Crippen LogP contribution in [0.25, 0.3) is 0 Å². The number of ether oxygens (including phenoxy) is 1. The van der Waals surface area contributed by atoms with Gasteiger partial charge in [-0.3, -0.25) is 58.4 Å². The molecule has 622 valence electrons. The van der Waals surface area contributed by atoms with Gasteiger partial charge in [0.25, 0.3) is 0 Å². The number of thioether (sulfide) groups is 1. The minimum atomic E-state index is -0.156. The van der Waals surface area contributed by atoms with Gasteiger partial charge >= 0.3 is 0 Å². The Morgan fingerprint density at radius 3 is 1.08 bits per heavy atom. The number of benzene rings is 8. The van der Waals surface area contributed by atoms with Crippen molar-refractivity contribution in [1.82, 2.24) is 39.2 Å². The van der Waals surface area contributed by atoms with Crippen LogP contribution in [0.3, 0.4) is 0 Å². The lowest BCUT2D eigenvalue weighted by Crippen LogP contribution is -2.54. The Morgan fingerprint density at radius 1 is 0.345 bits per heavy atom. The number of rotatable bonds is 16. The number of carbonyl (C=O) groups excluding carboxylic acids is 4. The molecule has 8 aromatic carbocycles.